The first-order valence-corrected chi connectivity index (χ1v) is 11.6. The van der Waals surface area contributed by atoms with Gasteiger partial charge in [0.15, 0.2) is 0 Å². The highest BCUT2D eigenvalue weighted by molar-refractivity contribution is 5.35. The van der Waals surface area contributed by atoms with Crippen molar-refractivity contribution in [2.24, 2.45) is 0 Å². The molecular formula is C25H26F6N4O2. The molecule has 1 aliphatic rings. The van der Waals surface area contributed by atoms with E-state index < -0.39 is 40.7 Å². The van der Waals surface area contributed by atoms with Crippen LogP contribution in [-0.4, -0.2) is 27.9 Å². The largest absolute Gasteiger partial charge is 0.416 e. The van der Waals surface area contributed by atoms with Gasteiger partial charge in [-0.1, -0.05) is 30.3 Å². The number of H-pyrrole nitrogens is 1. The highest BCUT2D eigenvalue weighted by atomic mass is 19.4. The number of nitrogens with zero attached hydrogens (tertiary/aromatic N) is 2. The summed E-state index contributed by atoms with van der Waals surface area (Å²) >= 11 is 0. The van der Waals surface area contributed by atoms with Crippen LogP contribution in [0.1, 0.15) is 55.0 Å². The van der Waals surface area contributed by atoms with Gasteiger partial charge in [0.05, 0.1) is 34.9 Å². The van der Waals surface area contributed by atoms with Crippen molar-refractivity contribution < 1.29 is 31.1 Å². The number of piperidine rings is 1. The molecule has 3 atom stereocenters. The van der Waals surface area contributed by atoms with E-state index in [-0.39, 0.29) is 23.9 Å². The van der Waals surface area contributed by atoms with E-state index in [4.69, 9.17) is 4.74 Å². The molecule has 0 amide bonds. The average Bonchev–Trinajstić information content (AvgIpc) is 3.30. The molecule has 4 rings (SSSR count). The molecule has 0 unspecified atom stereocenters. The number of nitrogens with one attached hydrogen (secondary N) is 2. The maximum Gasteiger partial charge on any atom is 0.416 e. The SMILES string of the molecule is C[C@@H](OC[C@@]1(c2ccccc2)CC[C@@](C)(n2cn[nH]c2=O)CN1)c1cc(C(F)(F)F)cc(C(F)(F)F)c1. The Morgan fingerprint density at radius 3 is 2.14 bits per heavy atom. The summed E-state index contributed by atoms with van der Waals surface area (Å²) in [6.07, 6.45) is -8.51. The standard InChI is InChI=1S/C25H26F6N4O2/c1-16(17-10-19(24(26,27)28)12-20(11-17)25(29,30)31)37-14-23(18-6-4-3-5-7-18)9-8-22(2,13-32-23)35-15-33-34-21(35)36/h3-7,10-12,15-16,32H,8-9,13-14H2,1-2H3,(H,34,36)/t16-,22-,23-/m1/s1. The van der Waals surface area contributed by atoms with Gasteiger partial charge in [-0.3, -0.25) is 4.57 Å². The van der Waals surface area contributed by atoms with Gasteiger partial charge >= 0.3 is 18.0 Å². The average molecular weight is 528 g/mol. The van der Waals surface area contributed by atoms with E-state index in [9.17, 15) is 31.1 Å². The van der Waals surface area contributed by atoms with Crippen LogP contribution in [0.4, 0.5) is 26.3 Å². The summed E-state index contributed by atoms with van der Waals surface area (Å²) in [5.41, 5.74) is -3.88. The van der Waals surface area contributed by atoms with Gasteiger partial charge in [-0.25, -0.2) is 9.89 Å². The van der Waals surface area contributed by atoms with Crippen LogP contribution in [0.15, 0.2) is 59.7 Å². The summed E-state index contributed by atoms with van der Waals surface area (Å²) in [7, 11) is 0. The fourth-order valence-electron chi connectivity index (χ4n) is 4.64. The number of aromatic nitrogens is 3. The number of hydrogen-bond acceptors (Lipinski definition) is 4. The molecule has 6 nitrogen and oxygen atoms in total. The fourth-order valence-corrected chi connectivity index (χ4v) is 4.64. The van der Waals surface area contributed by atoms with Gasteiger partial charge in [-0.2, -0.15) is 31.4 Å². The Bertz CT molecular complexity index is 1240. The molecule has 1 aromatic heterocycles. The first kappa shape index (κ1) is 26.9. The highest BCUT2D eigenvalue weighted by Crippen LogP contribution is 2.40. The Morgan fingerprint density at radius 1 is 1.03 bits per heavy atom. The number of rotatable bonds is 6. The molecule has 1 aliphatic heterocycles. The fraction of sp³-hybridized carbons (Fsp3) is 0.440. The summed E-state index contributed by atoms with van der Waals surface area (Å²) in [5, 5.41) is 9.61. The van der Waals surface area contributed by atoms with Crippen LogP contribution < -0.4 is 11.0 Å². The minimum atomic E-state index is -4.94. The topological polar surface area (TPSA) is 71.9 Å². The van der Waals surface area contributed by atoms with Gasteiger partial charge in [0.25, 0.3) is 0 Å². The van der Waals surface area contributed by atoms with E-state index in [1.807, 2.05) is 37.3 Å². The molecule has 12 heteroatoms. The lowest BCUT2D eigenvalue weighted by Gasteiger charge is -2.46. The predicted molar refractivity (Wildman–Crippen MR) is 123 cm³/mol. The van der Waals surface area contributed by atoms with Gasteiger partial charge in [0.2, 0.25) is 0 Å². The molecule has 0 aliphatic carbocycles. The summed E-state index contributed by atoms with van der Waals surface area (Å²) in [6, 6.07) is 10.7. The van der Waals surface area contributed by atoms with Crippen LogP contribution in [0.25, 0.3) is 0 Å². The van der Waals surface area contributed by atoms with E-state index in [2.05, 4.69) is 15.5 Å². The molecule has 2 aromatic carbocycles. The van der Waals surface area contributed by atoms with E-state index in [0.717, 1.165) is 5.56 Å². The van der Waals surface area contributed by atoms with Gasteiger partial charge < -0.3 is 10.1 Å². The van der Waals surface area contributed by atoms with E-state index >= 15 is 0 Å². The summed E-state index contributed by atoms with van der Waals surface area (Å²) < 4.78 is 87.4. The lowest BCUT2D eigenvalue weighted by molar-refractivity contribution is -0.143. The van der Waals surface area contributed by atoms with Crippen molar-refractivity contribution in [1.29, 1.82) is 0 Å². The Hall–Kier alpha value is -3.12. The predicted octanol–water partition coefficient (Wildman–Crippen LogP) is 5.38. The number of halogens is 6. The summed E-state index contributed by atoms with van der Waals surface area (Å²) in [5.74, 6) is 0. The zero-order chi connectivity index (χ0) is 27.1. The summed E-state index contributed by atoms with van der Waals surface area (Å²) in [6.45, 7) is 3.65. The van der Waals surface area contributed by atoms with E-state index in [0.29, 0.717) is 31.5 Å². The molecule has 1 fully saturated rings. The third kappa shape index (κ3) is 5.59. The number of benzene rings is 2. The molecule has 3 aromatic rings. The normalized spacial score (nSPS) is 23.7. The molecule has 0 radical (unpaired) electrons. The minimum Gasteiger partial charge on any atom is -0.372 e. The quantitative estimate of drug-likeness (QED) is 0.422. The minimum absolute atomic E-state index is 0.0217. The second-order valence-electron chi connectivity index (χ2n) is 9.62. The molecule has 1 saturated heterocycles. The maximum atomic E-state index is 13.3. The zero-order valence-corrected chi connectivity index (χ0v) is 20.1. The second kappa shape index (κ2) is 9.64. The maximum absolute atomic E-state index is 13.3. The first-order chi connectivity index (χ1) is 17.2. The van der Waals surface area contributed by atoms with Gasteiger partial charge in [0.1, 0.15) is 6.33 Å². The van der Waals surface area contributed by atoms with Crippen LogP contribution in [0, 0.1) is 0 Å². The van der Waals surface area contributed by atoms with Crippen molar-refractivity contribution in [3.05, 3.63) is 87.6 Å². The second-order valence-corrected chi connectivity index (χ2v) is 9.62. The Morgan fingerprint density at radius 2 is 1.65 bits per heavy atom. The Balaban J connectivity index is 1.60. The molecule has 2 N–H and O–H groups in total. The molecule has 0 spiro atoms. The molecule has 37 heavy (non-hydrogen) atoms. The number of ether oxygens (including phenoxy) is 1. The smallest absolute Gasteiger partial charge is 0.372 e. The third-order valence-corrected chi connectivity index (χ3v) is 7.02. The summed E-state index contributed by atoms with van der Waals surface area (Å²) in [4.78, 5) is 12.2. The van der Waals surface area contributed by atoms with Crippen LogP contribution >= 0.6 is 0 Å². The van der Waals surface area contributed by atoms with Crippen molar-refractivity contribution >= 4 is 0 Å². The lowest BCUT2D eigenvalue weighted by Crippen LogP contribution is -2.59. The zero-order valence-electron chi connectivity index (χ0n) is 20.1. The van der Waals surface area contributed by atoms with Gasteiger partial charge in [-0.05, 0) is 56.0 Å². The van der Waals surface area contributed by atoms with Crippen LogP contribution in [0.5, 0.6) is 0 Å². The lowest BCUT2D eigenvalue weighted by atomic mass is 9.77. The molecule has 0 saturated carbocycles. The van der Waals surface area contributed by atoms with Crippen molar-refractivity contribution in [2.75, 3.05) is 13.2 Å². The number of aromatic amines is 1. The molecule has 2 heterocycles. The van der Waals surface area contributed by atoms with E-state index in [1.165, 1.54) is 17.8 Å². The monoisotopic (exact) mass is 528 g/mol. The van der Waals surface area contributed by atoms with Crippen molar-refractivity contribution in [3.63, 3.8) is 0 Å². The molecule has 0 bridgehead atoms. The van der Waals surface area contributed by atoms with Gasteiger partial charge in [0, 0.05) is 6.54 Å². The van der Waals surface area contributed by atoms with Crippen molar-refractivity contribution in [2.45, 2.75) is 56.2 Å². The van der Waals surface area contributed by atoms with Crippen molar-refractivity contribution in [1.82, 2.24) is 20.1 Å². The van der Waals surface area contributed by atoms with Crippen LogP contribution in [0.2, 0.25) is 0 Å². The van der Waals surface area contributed by atoms with E-state index in [1.54, 1.807) is 0 Å². The number of alkyl halides is 6. The van der Waals surface area contributed by atoms with Crippen molar-refractivity contribution in [3.8, 4) is 0 Å². The Labute approximate surface area is 208 Å². The molecule has 200 valence electrons. The van der Waals surface area contributed by atoms with Crippen LogP contribution in [-0.2, 0) is 28.2 Å². The Kier molecular flexibility index (Phi) is 7.02. The number of hydrogen-bond donors (Lipinski definition) is 2. The van der Waals surface area contributed by atoms with Gasteiger partial charge in [-0.15, -0.1) is 0 Å². The third-order valence-electron chi connectivity index (χ3n) is 7.02. The first-order valence-electron chi connectivity index (χ1n) is 11.6. The van der Waals surface area contributed by atoms with Crippen LogP contribution in [0.3, 0.4) is 0 Å². The molecular weight excluding hydrogens is 502 g/mol. The highest BCUT2D eigenvalue weighted by Gasteiger charge is 2.43.